The largest absolute Gasteiger partial charge is 0.444 e. The Hall–Kier alpha value is -3.11. The Morgan fingerprint density at radius 1 is 1.15 bits per heavy atom. The zero-order valence-electron chi connectivity index (χ0n) is 19.4. The number of carbonyl (C=O) groups is 2. The van der Waals surface area contributed by atoms with Gasteiger partial charge in [-0.15, -0.1) is 0 Å². The molecule has 0 saturated heterocycles. The Balaban J connectivity index is 1.47. The van der Waals surface area contributed by atoms with E-state index in [1.807, 2.05) is 4.68 Å². The second-order valence-electron chi connectivity index (χ2n) is 9.81. The summed E-state index contributed by atoms with van der Waals surface area (Å²) in [6.45, 7) is 6.24. The Labute approximate surface area is 195 Å². The highest BCUT2D eigenvalue weighted by molar-refractivity contribution is 5.78. The van der Waals surface area contributed by atoms with Crippen molar-refractivity contribution < 1.29 is 27.5 Å². The van der Waals surface area contributed by atoms with Gasteiger partial charge in [-0.3, -0.25) is 4.79 Å². The highest BCUT2D eigenvalue weighted by Crippen LogP contribution is 2.38. The predicted molar refractivity (Wildman–Crippen MR) is 115 cm³/mol. The molecule has 0 bridgehead atoms. The predicted octanol–water partition coefficient (Wildman–Crippen LogP) is 3.44. The van der Waals surface area contributed by atoms with Crippen LogP contribution < -0.4 is 5.32 Å². The molecule has 1 atom stereocenters. The molecule has 2 heterocycles. The van der Waals surface area contributed by atoms with Crippen molar-refractivity contribution in [2.45, 2.75) is 77.1 Å². The molecular weight excluding hydrogens is 451 g/mol. The maximum atomic E-state index is 14.3. The molecule has 4 rings (SSSR count). The van der Waals surface area contributed by atoms with Gasteiger partial charge in [-0.25, -0.2) is 27.6 Å². The first-order valence-electron chi connectivity index (χ1n) is 11.3. The van der Waals surface area contributed by atoms with E-state index in [9.17, 15) is 22.8 Å². The number of ether oxygens (including phenoxy) is 1. The molecule has 0 spiro atoms. The van der Waals surface area contributed by atoms with E-state index in [0.717, 1.165) is 24.7 Å². The number of hydrogen-bond donors (Lipinski definition) is 1. The molecule has 11 heteroatoms. The normalized spacial score (nSPS) is 16.7. The van der Waals surface area contributed by atoms with Crippen LogP contribution in [0.3, 0.4) is 0 Å². The lowest BCUT2D eigenvalue weighted by atomic mass is 10.0. The molecule has 1 N–H and O–H groups in total. The summed E-state index contributed by atoms with van der Waals surface area (Å²) in [5.41, 5.74) is -0.942. The van der Waals surface area contributed by atoms with E-state index in [-0.39, 0.29) is 30.9 Å². The molecule has 34 heavy (non-hydrogen) atoms. The Bertz CT molecular complexity index is 1090. The topological polar surface area (TPSA) is 89.4 Å². The maximum Gasteiger partial charge on any atom is 0.407 e. The number of rotatable bonds is 6. The van der Waals surface area contributed by atoms with Gasteiger partial charge in [0.1, 0.15) is 17.2 Å². The van der Waals surface area contributed by atoms with Crippen LogP contribution in [0.15, 0.2) is 12.1 Å². The lowest BCUT2D eigenvalue weighted by Crippen LogP contribution is -2.45. The zero-order chi connectivity index (χ0) is 24.6. The highest BCUT2D eigenvalue weighted by atomic mass is 19.2. The molecule has 0 unspecified atom stereocenters. The van der Waals surface area contributed by atoms with Gasteiger partial charge in [0.15, 0.2) is 17.5 Å². The molecule has 1 saturated carbocycles. The van der Waals surface area contributed by atoms with Gasteiger partial charge in [0.25, 0.3) is 0 Å². The molecule has 1 fully saturated rings. The van der Waals surface area contributed by atoms with Crippen molar-refractivity contribution in [3.63, 3.8) is 0 Å². The van der Waals surface area contributed by atoms with Gasteiger partial charge in [0, 0.05) is 31.0 Å². The fourth-order valence-corrected chi connectivity index (χ4v) is 3.86. The number of benzene rings is 1. The van der Waals surface area contributed by atoms with Crippen molar-refractivity contribution in [2.75, 3.05) is 6.54 Å². The van der Waals surface area contributed by atoms with Crippen LogP contribution in [0.4, 0.5) is 18.0 Å². The van der Waals surface area contributed by atoms with Gasteiger partial charge in [0.05, 0.1) is 13.1 Å². The Morgan fingerprint density at radius 2 is 1.85 bits per heavy atom. The fraction of sp³-hybridized carbons (Fsp3) is 0.565. The monoisotopic (exact) mass is 479 g/mol. The first-order chi connectivity index (χ1) is 16.0. The maximum absolute atomic E-state index is 14.3. The fourth-order valence-electron chi connectivity index (χ4n) is 3.86. The van der Waals surface area contributed by atoms with Crippen LogP contribution in [0, 0.1) is 17.5 Å². The molecule has 8 nitrogen and oxygen atoms in total. The van der Waals surface area contributed by atoms with Crippen LogP contribution in [0.5, 0.6) is 0 Å². The SMILES string of the molecule is CC(C)(C)OC(=O)N[C@@H](CC(=O)N1CCn2nc(C3CC3)nc2C1)Cc1cc(F)c(F)cc1F. The van der Waals surface area contributed by atoms with Crippen molar-refractivity contribution >= 4 is 12.0 Å². The number of nitrogens with zero attached hydrogens (tertiary/aromatic N) is 4. The number of alkyl carbamates (subject to hydrolysis) is 1. The van der Waals surface area contributed by atoms with E-state index in [4.69, 9.17) is 4.74 Å². The summed E-state index contributed by atoms with van der Waals surface area (Å²) in [7, 11) is 0. The summed E-state index contributed by atoms with van der Waals surface area (Å²) in [6.07, 6.45) is 0.959. The second-order valence-corrected chi connectivity index (χ2v) is 9.81. The van der Waals surface area contributed by atoms with Crippen LogP contribution in [0.25, 0.3) is 0 Å². The Morgan fingerprint density at radius 3 is 2.53 bits per heavy atom. The quantitative estimate of drug-likeness (QED) is 0.642. The summed E-state index contributed by atoms with van der Waals surface area (Å²) >= 11 is 0. The molecule has 1 aliphatic carbocycles. The van der Waals surface area contributed by atoms with Crippen molar-refractivity contribution in [3.8, 4) is 0 Å². The minimum absolute atomic E-state index is 0.153. The van der Waals surface area contributed by atoms with Crippen molar-refractivity contribution in [1.82, 2.24) is 25.0 Å². The molecule has 1 aliphatic heterocycles. The molecule has 1 aromatic heterocycles. The highest BCUT2D eigenvalue weighted by Gasteiger charge is 2.32. The van der Waals surface area contributed by atoms with E-state index < -0.39 is 35.2 Å². The van der Waals surface area contributed by atoms with E-state index in [1.165, 1.54) is 0 Å². The first kappa shape index (κ1) is 24.0. The molecular formula is C23H28F3N5O3. The number of amides is 2. The molecule has 2 aliphatic rings. The smallest absolute Gasteiger partial charge is 0.407 e. The van der Waals surface area contributed by atoms with E-state index in [1.54, 1.807) is 25.7 Å². The average molecular weight is 480 g/mol. The number of carbonyl (C=O) groups excluding carboxylic acids is 2. The summed E-state index contributed by atoms with van der Waals surface area (Å²) < 4.78 is 48.4. The van der Waals surface area contributed by atoms with Gasteiger partial charge in [0.2, 0.25) is 5.91 Å². The number of nitrogens with one attached hydrogen (secondary N) is 1. The van der Waals surface area contributed by atoms with Crippen molar-refractivity contribution in [2.24, 2.45) is 0 Å². The van der Waals surface area contributed by atoms with Crippen molar-refractivity contribution in [1.29, 1.82) is 0 Å². The second kappa shape index (κ2) is 9.27. The first-order valence-corrected chi connectivity index (χ1v) is 11.3. The van der Waals surface area contributed by atoms with Crippen LogP contribution in [0.2, 0.25) is 0 Å². The molecule has 184 valence electrons. The van der Waals surface area contributed by atoms with E-state index >= 15 is 0 Å². The van der Waals surface area contributed by atoms with E-state index in [0.29, 0.717) is 30.9 Å². The summed E-state index contributed by atoms with van der Waals surface area (Å²) in [4.78, 5) is 31.6. The van der Waals surface area contributed by atoms with Crippen LogP contribution >= 0.6 is 0 Å². The number of aromatic nitrogens is 3. The van der Waals surface area contributed by atoms with E-state index in [2.05, 4.69) is 15.4 Å². The number of hydrogen-bond acceptors (Lipinski definition) is 5. The lowest BCUT2D eigenvalue weighted by molar-refractivity contribution is -0.133. The minimum Gasteiger partial charge on any atom is -0.444 e. The lowest BCUT2D eigenvalue weighted by Gasteiger charge is -2.29. The summed E-state index contributed by atoms with van der Waals surface area (Å²) in [5, 5.41) is 7.08. The van der Waals surface area contributed by atoms with Gasteiger partial charge in [-0.2, -0.15) is 5.10 Å². The third-order valence-electron chi connectivity index (χ3n) is 5.67. The Kier molecular flexibility index (Phi) is 6.55. The molecule has 1 aromatic carbocycles. The van der Waals surface area contributed by atoms with Gasteiger partial charge < -0.3 is 15.0 Å². The minimum atomic E-state index is -1.31. The zero-order valence-corrected chi connectivity index (χ0v) is 19.4. The van der Waals surface area contributed by atoms with Crippen LogP contribution in [-0.2, 0) is 29.0 Å². The van der Waals surface area contributed by atoms with Gasteiger partial charge >= 0.3 is 6.09 Å². The van der Waals surface area contributed by atoms with Gasteiger partial charge in [-0.05, 0) is 51.7 Å². The number of fused-ring (bicyclic) bond motifs is 1. The molecule has 2 aromatic rings. The van der Waals surface area contributed by atoms with Crippen molar-refractivity contribution in [3.05, 3.63) is 46.8 Å². The van der Waals surface area contributed by atoms with Crippen LogP contribution in [-0.4, -0.2) is 49.9 Å². The average Bonchev–Trinajstić information content (AvgIpc) is 3.49. The number of halogens is 3. The molecule has 2 amide bonds. The molecule has 0 radical (unpaired) electrons. The van der Waals surface area contributed by atoms with Gasteiger partial charge in [-0.1, -0.05) is 0 Å². The van der Waals surface area contributed by atoms with Crippen LogP contribution in [0.1, 0.15) is 63.2 Å². The third-order valence-corrected chi connectivity index (χ3v) is 5.67. The third kappa shape index (κ3) is 5.87. The standard InChI is InChI=1S/C23H28F3N5O3/c1-23(2,3)34-22(33)27-15(8-14-9-17(25)18(26)11-16(14)24)10-20(32)30-6-7-31-19(12-30)28-21(29-31)13-4-5-13/h9,11,13,15H,4-8,10,12H2,1-3H3,(H,27,33)/t15-/m1/s1. The summed E-state index contributed by atoms with van der Waals surface area (Å²) in [5.74, 6) is -1.85. The summed E-state index contributed by atoms with van der Waals surface area (Å²) in [6, 6.07) is 0.289.